The predicted octanol–water partition coefficient (Wildman–Crippen LogP) is 0.783. The molecule has 0 aliphatic carbocycles. The van der Waals surface area contributed by atoms with Crippen LogP contribution in [0, 0.1) is 11.3 Å². The van der Waals surface area contributed by atoms with Crippen LogP contribution in [0.25, 0.3) is 0 Å². The van der Waals surface area contributed by atoms with E-state index >= 15 is 0 Å². The van der Waals surface area contributed by atoms with Crippen LogP contribution in [0.3, 0.4) is 0 Å². The molecule has 54 valence electrons. The lowest BCUT2D eigenvalue weighted by atomic mass is 10.2. The third kappa shape index (κ3) is 1.52. The summed E-state index contributed by atoms with van der Waals surface area (Å²) in [6, 6.07) is 5.04. The van der Waals surface area contributed by atoms with Gasteiger partial charge in [-0.15, -0.1) is 0 Å². The molecule has 0 unspecified atom stereocenters. The molecule has 0 spiro atoms. The van der Waals surface area contributed by atoms with E-state index in [1.54, 1.807) is 24.4 Å². The highest BCUT2D eigenvalue weighted by molar-refractivity contribution is 6.10. The number of nitrogens with zero attached hydrogens (tertiary/aromatic N) is 3. The highest BCUT2D eigenvalue weighted by atomic mass is 16.4. The lowest BCUT2D eigenvalue weighted by Gasteiger charge is -1.91. The summed E-state index contributed by atoms with van der Waals surface area (Å²) in [4.78, 5) is 3.76. The molecule has 0 aromatic carbocycles. The van der Waals surface area contributed by atoms with Crippen molar-refractivity contribution in [3.8, 4) is 6.07 Å². The molecule has 11 heavy (non-hydrogen) atoms. The van der Waals surface area contributed by atoms with Crippen LogP contribution in [0.2, 0.25) is 0 Å². The molecule has 1 aromatic heterocycles. The minimum atomic E-state index is -0.0295. The summed E-state index contributed by atoms with van der Waals surface area (Å²) in [5.74, 6) is 0. The number of rotatable bonds is 1. The number of hydrogen-bond donors (Lipinski definition) is 1. The van der Waals surface area contributed by atoms with Crippen LogP contribution in [-0.2, 0) is 0 Å². The van der Waals surface area contributed by atoms with E-state index in [0.717, 1.165) is 0 Å². The van der Waals surface area contributed by atoms with Gasteiger partial charge in [0.15, 0.2) is 5.71 Å². The Balaban J connectivity index is 3.05. The zero-order valence-electron chi connectivity index (χ0n) is 5.60. The monoisotopic (exact) mass is 147 g/mol. The number of aromatic nitrogens is 1. The molecule has 0 atom stereocenters. The molecular formula is C7H5N3O. The molecule has 1 heterocycles. The zero-order chi connectivity index (χ0) is 8.10. The summed E-state index contributed by atoms with van der Waals surface area (Å²) in [7, 11) is 0. The SMILES string of the molecule is N#C/C(=N/O)c1cccnc1. The molecular weight excluding hydrogens is 142 g/mol. The van der Waals surface area contributed by atoms with Gasteiger partial charge in [-0.2, -0.15) is 5.26 Å². The van der Waals surface area contributed by atoms with Crippen molar-refractivity contribution in [3.63, 3.8) is 0 Å². The van der Waals surface area contributed by atoms with E-state index in [2.05, 4.69) is 10.1 Å². The third-order valence-electron chi connectivity index (χ3n) is 1.14. The van der Waals surface area contributed by atoms with E-state index < -0.39 is 0 Å². The van der Waals surface area contributed by atoms with Crippen LogP contribution in [-0.4, -0.2) is 15.9 Å². The molecule has 0 saturated carbocycles. The van der Waals surface area contributed by atoms with Gasteiger partial charge in [-0.25, -0.2) is 0 Å². The number of oxime groups is 1. The smallest absolute Gasteiger partial charge is 0.188 e. The standard InChI is InChI=1S/C7H5N3O/c8-4-7(10-11)6-2-1-3-9-5-6/h1-3,5,11H/b10-7-. The molecule has 0 aliphatic rings. The Hall–Kier alpha value is -1.89. The van der Waals surface area contributed by atoms with Gasteiger partial charge in [0.1, 0.15) is 6.07 Å². The van der Waals surface area contributed by atoms with Gasteiger partial charge in [-0.1, -0.05) is 5.16 Å². The Morgan fingerprint density at radius 1 is 1.73 bits per heavy atom. The Morgan fingerprint density at radius 3 is 3.00 bits per heavy atom. The molecule has 0 aliphatic heterocycles. The molecule has 1 N–H and O–H groups in total. The second-order valence-corrected chi connectivity index (χ2v) is 1.80. The maximum Gasteiger partial charge on any atom is 0.188 e. The predicted molar refractivity (Wildman–Crippen MR) is 38.2 cm³/mol. The summed E-state index contributed by atoms with van der Waals surface area (Å²) in [6.07, 6.45) is 3.04. The average molecular weight is 147 g/mol. The van der Waals surface area contributed by atoms with Crippen LogP contribution < -0.4 is 0 Å². The minimum absolute atomic E-state index is 0.0295. The second kappa shape index (κ2) is 3.32. The Kier molecular flexibility index (Phi) is 2.18. The lowest BCUT2D eigenvalue weighted by Crippen LogP contribution is -1.96. The normalized spacial score (nSPS) is 10.6. The van der Waals surface area contributed by atoms with Crippen LogP contribution in [0.1, 0.15) is 5.56 Å². The van der Waals surface area contributed by atoms with Crippen molar-refractivity contribution in [3.05, 3.63) is 30.1 Å². The first-order valence-corrected chi connectivity index (χ1v) is 2.91. The highest BCUT2D eigenvalue weighted by Gasteiger charge is 2.00. The minimum Gasteiger partial charge on any atom is -0.410 e. The van der Waals surface area contributed by atoms with E-state index in [-0.39, 0.29) is 5.71 Å². The quantitative estimate of drug-likeness (QED) is 0.362. The van der Waals surface area contributed by atoms with E-state index in [1.165, 1.54) is 6.20 Å². The van der Waals surface area contributed by atoms with Crippen molar-refractivity contribution >= 4 is 5.71 Å². The van der Waals surface area contributed by atoms with Gasteiger partial charge in [0.05, 0.1) is 0 Å². The molecule has 0 radical (unpaired) electrons. The summed E-state index contributed by atoms with van der Waals surface area (Å²) < 4.78 is 0. The van der Waals surface area contributed by atoms with Crippen molar-refractivity contribution in [2.45, 2.75) is 0 Å². The fourth-order valence-electron chi connectivity index (χ4n) is 0.647. The highest BCUT2D eigenvalue weighted by Crippen LogP contribution is 1.96. The molecule has 0 fully saturated rings. The van der Waals surface area contributed by atoms with Crippen LogP contribution >= 0.6 is 0 Å². The van der Waals surface area contributed by atoms with Crippen LogP contribution in [0.15, 0.2) is 29.7 Å². The van der Waals surface area contributed by atoms with Crippen molar-refractivity contribution in [2.75, 3.05) is 0 Å². The molecule has 4 heteroatoms. The maximum atomic E-state index is 8.41. The number of hydrogen-bond acceptors (Lipinski definition) is 4. The van der Waals surface area contributed by atoms with Gasteiger partial charge in [0.25, 0.3) is 0 Å². The van der Waals surface area contributed by atoms with Gasteiger partial charge < -0.3 is 5.21 Å². The zero-order valence-corrected chi connectivity index (χ0v) is 5.60. The molecule has 4 nitrogen and oxygen atoms in total. The topological polar surface area (TPSA) is 69.3 Å². The first kappa shape index (κ1) is 7.22. The fraction of sp³-hybridized carbons (Fsp3) is 0. The summed E-state index contributed by atoms with van der Waals surface area (Å²) in [6.45, 7) is 0. The van der Waals surface area contributed by atoms with Gasteiger partial charge in [-0.3, -0.25) is 4.98 Å². The first-order chi connectivity index (χ1) is 5.38. The maximum absolute atomic E-state index is 8.41. The number of nitriles is 1. The second-order valence-electron chi connectivity index (χ2n) is 1.80. The van der Waals surface area contributed by atoms with E-state index in [9.17, 15) is 0 Å². The van der Waals surface area contributed by atoms with Crippen molar-refractivity contribution in [1.29, 1.82) is 5.26 Å². The van der Waals surface area contributed by atoms with E-state index in [4.69, 9.17) is 10.5 Å². The van der Waals surface area contributed by atoms with Crippen LogP contribution in [0.4, 0.5) is 0 Å². The third-order valence-corrected chi connectivity index (χ3v) is 1.14. The summed E-state index contributed by atoms with van der Waals surface area (Å²) in [5.41, 5.74) is 0.482. The van der Waals surface area contributed by atoms with Gasteiger partial charge in [-0.05, 0) is 12.1 Å². The van der Waals surface area contributed by atoms with Gasteiger partial charge >= 0.3 is 0 Å². The molecule has 0 bridgehead atoms. The molecule has 1 rings (SSSR count). The molecule has 0 amide bonds. The Labute approximate surface area is 63.4 Å². The lowest BCUT2D eigenvalue weighted by molar-refractivity contribution is 0.320. The fourth-order valence-corrected chi connectivity index (χ4v) is 0.647. The number of pyridine rings is 1. The van der Waals surface area contributed by atoms with Crippen molar-refractivity contribution < 1.29 is 5.21 Å². The van der Waals surface area contributed by atoms with Crippen molar-refractivity contribution in [2.24, 2.45) is 5.16 Å². The summed E-state index contributed by atoms with van der Waals surface area (Å²) >= 11 is 0. The largest absolute Gasteiger partial charge is 0.410 e. The van der Waals surface area contributed by atoms with E-state index in [0.29, 0.717) is 5.56 Å². The molecule has 1 aromatic rings. The Morgan fingerprint density at radius 2 is 2.55 bits per heavy atom. The first-order valence-electron chi connectivity index (χ1n) is 2.91. The summed E-state index contributed by atoms with van der Waals surface area (Å²) in [5, 5.41) is 19.5. The molecule has 0 saturated heterocycles. The Bertz CT molecular complexity index is 299. The van der Waals surface area contributed by atoms with E-state index in [1.807, 2.05) is 0 Å². The van der Waals surface area contributed by atoms with Gasteiger partial charge in [0.2, 0.25) is 0 Å². The van der Waals surface area contributed by atoms with Gasteiger partial charge in [0, 0.05) is 18.0 Å². The van der Waals surface area contributed by atoms with Crippen LogP contribution in [0.5, 0.6) is 0 Å². The van der Waals surface area contributed by atoms with Crippen molar-refractivity contribution in [1.82, 2.24) is 4.98 Å². The average Bonchev–Trinajstić information content (AvgIpc) is 2.09.